The Morgan fingerprint density at radius 2 is 1.82 bits per heavy atom. The van der Waals surface area contributed by atoms with E-state index in [9.17, 15) is 18.4 Å². The molecule has 2 aromatic heterocycles. The lowest BCUT2D eigenvalue weighted by molar-refractivity contribution is -0.147. The minimum Gasteiger partial charge on any atom is -0.419 e. The van der Waals surface area contributed by atoms with Crippen molar-refractivity contribution in [2.75, 3.05) is 26.2 Å². The smallest absolute Gasteiger partial charge is 0.349 e. The van der Waals surface area contributed by atoms with E-state index in [-0.39, 0.29) is 53.6 Å². The Morgan fingerprint density at radius 1 is 1.11 bits per heavy atom. The highest BCUT2D eigenvalue weighted by atomic mass is 35.5. The number of carbonyl (C=O) groups excluding carboxylic acids is 2. The maximum absolute atomic E-state index is 15.2. The van der Waals surface area contributed by atoms with Gasteiger partial charge in [-0.2, -0.15) is 13.9 Å². The number of alkyl halides is 4. The molecule has 0 bridgehead atoms. The first-order valence-electron chi connectivity index (χ1n) is 11.5. The Morgan fingerprint density at radius 3 is 2.45 bits per heavy atom. The molecule has 2 aliphatic heterocycles. The van der Waals surface area contributed by atoms with Crippen LogP contribution in [0.2, 0.25) is 10.0 Å². The normalized spacial score (nSPS) is 23.5. The van der Waals surface area contributed by atoms with E-state index in [1.54, 1.807) is 0 Å². The van der Waals surface area contributed by atoms with Crippen LogP contribution in [0.15, 0.2) is 35.0 Å². The van der Waals surface area contributed by atoms with Gasteiger partial charge in [-0.05, 0) is 12.1 Å². The fourth-order valence-electron chi connectivity index (χ4n) is 5.22. The highest BCUT2D eigenvalue weighted by molar-refractivity contribution is 6.42. The Bertz CT molecular complexity index is 1430. The lowest BCUT2D eigenvalue weighted by Crippen LogP contribution is -2.62. The molecule has 15 heteroatoms. The second kappa shape index (κ2) is 8.40. The van der Waals surface area contributed by atoms with Crippen molar-refractivity contribution in [1.82, 2.24) is 30.2 Å². The first-order valence-corrected chi connectivity index (χ1v) is 12.3. The summed E-state index contributed by atoms with van der Waals surface area (Å²) in [5, 5.41) is 13.8. The third kappa shape index (κ3) is 3.94. The minimum atomic E-state index is -3.70. The highest BCUT2D eigenvalue weighted by Gasteiger charge is 2.66. The lowest BCUT2D eigenvalue weighted by Gasteiger charge is -2.50. The maximum atomic E-state index is 15.2. The van der Waals surface area contributed by atoms with Crippen LogP contribution in [0.3, 0.4) is 0 Å². The van der Waals surface area contributed by atoms with E-state index in [1.807, 2.05) is 0 Å². The van der Waals surface area contributed by atoms with E-state index in [4.69, 9.17) is 27.6 Å². The van der Waals surface area contributed by atoms with Crippen LogP contribution in [0, 0.1) is 11.3 Å². The number of hydrogen-bond acceptors (Lipinski definition) is 6. The van der Waals surface area contributed by atoms with Gasteiger partial charge in [-0.15, -0.1) is 10.2 Å². The second-order valence-electron chi connectivity index (χ2n) is 9.95. The van der Waals surface area contributed by atoms with Crippen LogP contribution in [-0.4, -0.2) is 74.1 Å². The molecule has 9 nitrogen and oxygen atoms in total. The molecule has 1 unspecified atom stereocenters. The Labute approximate surface area is 222 Å². The van der Waals surface area contributed by atoms with Crippen LogP contribution < -0.4 is 0 Å². The molecule has 3 fully saturated rings. The van der Waals surface area contributed by atoms with Gasteiger partial charge >= 0.3 is 5.92 Å². The van der Waals surface area contributed by atoms with Crippen molar-refractivity contribution in [2.45, 2.75) is 24.2 Å². The number of hydrogen-bond donors (Lipinski definition) is 1. The molecule has 0 radical (unpaired) electrons. The number of aromatic amines is 1. The number of aromatic nitrogens is 4. The summed E-state index contributed by atoms with van der Waals surface area (Å²) in [6, 6.07) is 3.31. The summed E-state index contributed by atoms with van der Waals surface area (Å²) in [5.41, 5.74) is -1.06. The van der Waals surface area contributed by atoms with Crippen molar-refractivity contribution in [3.05, 3.63) is 63.5 Å². The van der Waals surface area contributed by atoms with Gasteiger partial charge in [0.1, 0.15) is 5.92 Å². The summed E-state index contributed by atoms with van der Waals surface area (Å²) >= 11 is 11.7. The topological polar surface area (TPSA) is 108 Å². The van der Waals surface area contributed by atoms with Crippen molar-refractivity contribution in [3.8, 4) is 0 Å². The third-order valence-electron chi connectivity index (χ3n) is 7.42. The SMILES string of the molecule is O=C(c1cn[nH]c1)N1CC(c2nnc(C(F)(F)c3ccc(Cl)c(Cl)c3)o2)C2(C1)CN(C(=O)[C@H]1CC1(F)F)C2. The average molecular weight is 573 g/mol. The number of nitrogens with one attached hydrogen (secondary N) is 1. The molecule has 3 aromatic rings. The molecular weight excluding hydrogens is 555 g/mol. The summed E-state index contributed by atoms with van der Waals surface area (Å²) < 4.78 is 62.9. The monoisotopic (exact) mass is 572 g/mol. The standard InChI is InChI=1S/C23H18Cl2F4N6O3/c24-15-2-1-12(3-16(15)25)23(28,29)20-33-32-17(38-20)14-7-34(18(36)11-5-30-31-6-11)8-21(14)9-35(10-21)19(37)13-4-22(13,26)27/h1-3,5-6,13-14H,4,7-10H2,(H,30,31)/t13-,14?/m1/s1. The molecule has 1 aliphatic carbocycles. The summed E-state index contributed by atoms with van der Waals surface area (Å²) in [5.74, 6) is -11.0. The molecule has 2 saturated heterocycles. The van der Waals surface area contributed by atoms with Crippen molar-refractivity contribution >= 4 is 35.0 Å². The quantitative estimate of drug-likeness (QED) is 0.463. The fraction of sp³-hybridized carbons (Fsp3) is 0.435. The van der Waals surface area contributed by atoms with Gasteiger partial charge in [0.2, 0.25) is 11.8 Å². The van der Waals surface area contributed by atoms with Crippen molar-refractivity contribution in [1.29, 1.82) is 0 Å². The predicted molar refractivity (Wildman–Crippen MR) is 123 cm³/mol. The van der Waals surface area contributed by atoms with Gasteiger partial charge in [-0.3, -0.25) is 14.7 Å². The number of carbonyl (C=O) groups is 2. The zero-order valence-corrected chi connectivity index (χ0v) is 20.8. The molecule has 6 rings (SSSR count). The van der Waals surface area contributed by atoms with E-state index in [0.29, 0.717) is 0 Å². The molecule has 200 valence electrons. The van der Waals surface area contributed by atoms with Crippen molar-refractivity contribution in [3.63, 3.8) is 0 Å². The van der Waals surface area contributed by atoms with Gasteiger partial charge in [0.05, 0.1) is 27.7 Å². The number of H-pyrrole nitrogens is 1. The molecule has 2 amide bonds. The molecule has 1 aromatic carbocycles. The van der Waals surface area contributed by atoms with Crippen LogP contribution in [-0.2, 0) is 10.7 Å². The number of amides is 2. The predicted octanol–water partition coefficient (Wildman–Crippen LogP) is 3.96. The van der Waals surface area contributed by atoms with Gasteiger partial charge in [-0.25, -0.2) is 8.78 Å². The van der Waals surface area contributed by atoms with Crippen LogP contribution in [0.5, 0.6) is 0 Å². The summed E-state index contributed by atoms with van der Waals surface area (Å²) in [6.45, 7) is 0.247. The van der Waals surface area contributed by atoms with Gasteiger partial charge in [-0.1, -0.05) is 29.3 Å². The molecule has 1 saturated carbocycles. The summed E-state index contributed by atoms with van der Waals surface area (Å²) in [6.07, 6.45) is 2.26. The highest BCUT2D eigenvalue weighted by Crippen LogP contribution is 2.54. The van der Waals surface area contributed by atoms with Crippen LogP contribution in [0.1, 0.15) is 40.0 Å². The molecule has 4 heterocycles. The molecule has 1 spiro atoms. The molecule has 2 atom stereocenters. The largest absolute Gasteiger partial charge is 0.419 e. The van der Waals surface area contributed by atoms with E-state index in [0.717, 1.165) is 12.1 Å². The first kappa shape index (κ1) is 25.1. The number of nitrogens with zero attached hydrogens (tertiary/aromatic N) is 5. The zero-order chi connectivity index (χ0) is 27.0. The summed E-state index contributed by atoms with van der Waals surface area (Å²) in [4.78, 5) is 28.3. The minimum absolute atomic E-state index is 0.0333. The van der Waals surface area contributed by atoms with Crippen molar-refractivity contribution in [2.24, 2.45) is 11.3 Å². The summed E-state index contributed by atoms with van der Waals surface area (Å²) in [7, 11) is 0. The van der Waals surface area contributed by atoms with Crippen LogP contribution >= 0.6 is 23.2 Å². The molecule has 1 N–H and O–H groups in total. The maximum Gasteiger partial charge on any atom is 0.349 e. The Balaban J connectivity index is 1.28. The number of likely N-dealkylation sites (tertiary alicyclic amines) is 2. The van der Waals surface area contributed by atoms with Gasteiger partial charge in [0.15, 0.2) is 0 Å². The number of benzene rings is 1. The third-order valence-corrected chi connectivity index (χ3v) is 8.16. The van der Waals surface area contributed by atoms with Crippen molar-refractivity contribution < 1.29 is 31.6 Å². The molecule has 3 aliphatic rings. The van der Waals surface area contributed by atoms with E-state index in [1.165, 1.54) is 28.3 Å². The van der Waals surface area contributed by atoms with E-state index in [2.05, 4.69) is 20.4 Å². The fourth-order valence-corrected chi connectivity index (χ4v) is 5.52. The number of rotatable bonds is 5. The second-order valence-corrected chi connectivity index (χ2v) is 10.8. The first-order chi connectivity index (χ1) is 17.9. The Kier molecular flexibility index (Phi) is 5.55. The number of halogens is 6. The average Bonchev–Trinajstić information content (AvgIpc) is 3.38. The van der Waals surface area contributed by atoms with Gasteiger partial charge in [0.25, 0.3) is 17.7 Å². The molecular formula is C23H18Cl2F4N6O3. The zero-order valence-electron chi connectivity index (χ0n) is 19.3. The van der Waals surface area contributed by atoms with E-state index < -0.39 is 52.9 Å². The van der Waals surface area contributed by atoms with Gasteiger partial charge in [0, 0.05) is 49.8 Å². The van der Waals surface area contributed by atoms with Crippen LogP contribution in [0.4, 0.5) is 17.6 Å². The van der Waals surface area contributed by atoms with E-state index >= 15 is 8.78 Å². The lowest BCUT2D eigenvalue weighted by atomic mass is 9.71. The molecule has 38 heavy (non-hydrogen) atoms. The van der Waals surface area contributed by atoms with Gasteiger partial charge < -0.3 is 14.2 Å². The van der Waals surface area contributed by atoms with Crippen LogP contribution in [0.25, 0.3) is 0 Å². The Hall–Kier alpha value is -3.19.